The first-order valence-electron chi connectivity index (χ1n) is 7.33. The van der Waals surface area contributed by atoms with Crippen molar-refractivity contribution in [3.05, 3.63) is 82.9 Å². The molecule has 2 aromatic rings. The topological polar surface area (TPSA) is 0 Å². The number of hydrogen-bond acceptors (Lipinski definition) is 0. The molecule has 0 unspecified atom stereocenters. The summed E-state index contributed by atoms with van der Waals surface area (Å²) < 4.78 is 0. The van der Waals surface area contributed by atoms with Gasteiger partial charge in [-0.3, -0.25) is 0 Å². The Morgan fingerprint density at radius 3 is 1.70 bits per heavy atom. The number of hydrogen-bond donors (Lipinski definition) is 0. The van der Waals surface area contributed by atoms with Crippen LogP contribution in [0.15, 0.2) is 60.7 Å². The van der Waals surface area contributed by atoms with Crippen LogP contribution in [0.4, 0.5) is 0 Å². The van der Waals surface area contributed by atoms with Gasteiger partial charge in [0.15, 0.2) is 0 Å². The van der Waals surface area contributed by atoms with E-state index in [0.717, 1.165) is 12.8 Å². The smallest absolute Gasteiger partial charge is 0.0242 e. The summed E-state index contributed by atoms with van der Waals surface area (Å²) in [6.07, 6.45) is 6.64. The fourth-order valence-corrected chi connectivity index (χ4v) is 1.96. The van der Waals surface area contributed by atoms with Gasteiger partial charge in [0, 0.05) is 0 Å². The zero-order chi connectivity index (χ0) is 14.8. The maximum Gasteiger partial charge on any atom is -0.0242 e. The van der Waals surface area contributed by atoms with Gasteiger partial charge in [0.1, 0.15) is 0 Å². The molecule has 106 valence electrons. The Morgan fingerprint density at radius 2 is 1.25 bits per heavy atom. The summed E-state index contributed by atoms with van der Waals surface area (Å²) in [6.45, 7) is 8.48. The average Bonchev–Trinajstić information content (AvgIpc) is 2.45. The molecule has 0 amide bonds. The molecule has 2 aromatic carbocycles. The molecule has 0 aliphatic rings. The first-order chi connectivity index (χ1) is 9.65. The second kappa shape index (κ2) is 9.14. The van der Waals surface area contributed by atoms with Gasteiger partial charge in [-0.2, -0.15) is 0 Å². The number of allylic oxidation sites excluding steroid dienone is 2. The summed E-state index contributed by atoms with van der Waals surface area (Å²) in [6, 6.07) is 16.9. The first kappa shape index (κ1) is 16.2. The molecule has 20 heavy (non-hydrogen) atoms. The molecule has 0 nitrogen and oxygen atoms in total. The van der Waals surface area contributed by atoms with Gasteiger partial charge in [0.05, 0.1) is 0 Å². The van der Waals surface area contributed by atoms with E-state index in [9.17, 15) is 0 Å². The van der Waals surface area contributed by atoms with Crippen molar-refractivity contribution in [3.63, 3.8) is 0 Å². The van der Waals surface area contributed by atoms with E-state index in [1.54, 1.807) is 0 Å². The molecular weight excluding hydrogens is 240 g/mol. The summed E-state index contributed by atoms with van der Waals surface area (Å²) in [4.78, 5) is 0. The van der Waals surface area contributed by atoms with Crippen molar-refractivity contribution < 1.29 is 0 Å². The van der Waals surface area contributed by atoms with Gasteiger partial charge in [-0.25, -0.2) is 0 Å². The van der Waals surface area contributed by atoms with Crippen LogP contribution in [0.1, 0.15) is 35.6 Å². The normalized spacial score (nSPS) is 10.2. The molecule has 0 saturated carbocycles. The Labute approximate surface area is 124 Å². The van der Waals surface area contributed by atoms with Gasteiger partial charge in [0.25, 0.3) is 0 Å². The van der Waals surface area contributed by atoms with E-state index < -0.39 is 0 Å². The molecular formula is C20H26. The molecule has 0 heteroatoms. The molecule has 0 bridgehead atoms. The van der Waals surface area contributed by atoms with Gasteiger partial charge in [-0.1, -0.05) is 60.7 Å². The van der Waals surface area contributed by atoms with Crippen molar-refractivity contribution in [3.8, 4) is 0 Å². The minimum atomic E-state index is 1.15. The fourth-order valence-electron chi connectivity index (χ4n) is 1.96. The van der Waals surface area contributed by atoms with Gasteiger partial charge in [0.2, 0.25) is 0 Å². The maximum absolute atomic E-state index is 2.21. The molecule has 2 rings (SSSR count). The third-order valence-corrected chi connectivity index (χ3v) is 3.50. The predicted molar refractivity (Wildman–Crippen MR) is 90.2 cm³/mol. The SMILES string of the molecule is C/C=C/CCc1ccccc1C.Cc1ccccc1C. The summed E-state index contributed by atoms with van der Waals surface area (Å²) in [5.41, 5.74) is 5.61. The second-order valence-electron chi connectivity index (χ2n) is 5.12. The predicted octanol–water partition coefficient (Wildman–Crippen LogP) is 5.81. The third-order valence-electron chi connectivity index (χ3n) is 3.50. The van der Waals surface area contributed by atoms with E-state index in [0.29, 0.717) is 0 Å². The largest absolute Gasteiger partial charge is 0.0917 e. The van der Waals surface area contributed by atoms with Crippen LogP contribution in [0.3, 0.4) is 0 Å². The van der Waals surface area contributed by atoms with E-state index >= 15 is 0 Å². The van der Waals surface area contributed by atoms with Crippen LogP contribution >= 0.6 is 0 Å². The molecule has 0 aromatic heterocycles. The minimum absolute atomic E-state index is 1.15. The lowest BCUT2D eigenvalue weighted by molar-refractivity contribution is 0.985. The Balaban J connectivity index is 0.000000217. The monoisotopic (exact) mass is 266 g/mol. The zero-order valence-electron chi connectivity index (χ0n) is 13.2. The standard InChI is InChI=1S/C12H16.C8H10/c1-3-4-5-9-12-10-7-6-8-11(12)2;1-7-5-3-4-6-8(7)2/h3-4,6-8,10H,5,9H2,1-2H3;3-6H,1-2H3/b4-3+;. The van der Waals surface area contributed by atoms with E-state index in [1.807, 2.05) is 0 Å². The fraction of sp³-hybridized carbons (Fsp3) is 0.300. The van der Waals surface area contributed by atoms with E-state index in [2.05, 4.69) is 88.4 Å². The highest BCUT2D eigenvalue weighted by atomic mass is 14.0. The zero-order valence-corrected chi connectivity index (χ0v) is 13.2. The molecule has 0 atom stereocenters. The number of aryl methyl sites for hydroxylation is 4. The van der Waals surface area contributed by atoms with Crippen molar-refractivity contribution >= 4 is 0 Å². The van der Waals surface area contributed by atoms with Crippen LogP contribution in [-0.4, -0.2) is 0 Å². The molecule has 0 N–H and O–H groups in total. The highest BCUT2D eigenvalue weighted by Crippen LogP contribution is 2.09. The van der Waals surface area contributed by atoms with Crippen molar-refractivity contribution in [1.29, 1.82) is 0 Å². The van der Waals surface area contributed by atoms with Crippen molar-refractivity contribution in [2.45, 2.75) is 40.5 Å². The van der Waals surface area contributed by atoms with Gasteiger partial charge >= 0.3 is 0 Å². The summed E-state index contributed by atoms with van der Waals surface area (Å²) in [5, 5.41) is 0. The quantitative estimate of drug-likeness (QED) is 0.615. The van der Waals surface area contributed by atoms with Crippen LogP contribution in [-0.2, 0) is 6.42 Å². The lowest BCUT2D eigenvalue weighted by Crippen LogP contribution is -1.86. The number of rotatable bonds is 3. The van der Waals surface area contributed by atoms with E-state index in [1.165, 1.54) is 22.3 Å². The second-order valence-corrected chi connectivity index (χ2v) is 5.12. The summed E-state index contributed by atoms with van der Waals surface area (Å²) in [5.74, 6) is 0. The van der Waals surface area contributed by atoms with Crippen molar-refractivity contribution in [2.24, 2.45) is 0 Å². The lowest BCUT2D eigenvalue weighted by atomic mass is 10.0. The van der Waals surface area contributed by atoms with E-state index in [4.69, 9.17) is 0 Å². The molecule has 0 spiro atoms. The Bertz CT molecular complexity index is 514. The van der Waals surface area contributed by atoms with Crippen molar-refractivity contribution in [1.82, 2.24) is 0 Å². The van der Waals surface area contributed by atoms with Gasteiger partial charge in [-0.15, -0.1) is 0 Å². The van der Waals surface area contributed by atoms with Gasteiger partial charge < -0.3 is 0 Å². The van der Waals surface area contributed by atoms with E-state index in [-0.39, 0.29) is 0 Å². The Hall–Kier alpha value is -1.82. The average molecular weight is 266 g/mol. The molecule has 0 fully saturated rings. The highest BCUT2D eigenvalue weighted by Gasteiger charge is 1.93. The molecule has 0 aliphatic heterocycles. The molecule has 0 saturated heterocycles. The summed E-state index contributed by atoms with van der Waals surface area (Å²) in [7, 11) is 0. The molecule has 0 aliphatic carbocycles. The first-order valence-corrected chi connectivity index (χ1v) is 7.33. The van der Waals surface area contributed by atoms with Crippen LogP contribution in [0.25, 0.3) is 0 Å². The molecule has 0 radical (unpaired) electrons. The Kier molecular flexibility index (Phi) is 7.42. The van der Waals surface area contributed by atoms with Crippen molar-refractivity contribution in [2.75, 3.05) is 0 Å². The van der Waals surface area contributed by atoms with Crippen LogP contribution in [0.5, 0.6) is 0 Å². The molecule has 0 heterocycles. The van der Waals surface area contributed by atoms with Gasteiger partial charge in [-0.05, 0) is 62.8 Å². The highest BCUT2D eigenvalue weighted by molar-refractivity contribution is 5.25. The minimum Gasteiger partial charge on any atom is -0.0917 e. The Morgan fingerprint density at radius 1 is 0.750 bits per heavy atom. The van der Waals surface area contributed by atoms with Crippen LogP contribution in [0.2, 0.25) is 0 Å². The maximum atomic E-state index is 2.21. The summed E-state index contributed by atoms with van der Waals surface area (Å²) >= 11 is 0. The van der Waals surface area contributed by atoms with Crippen LogP contribution < -0.4 is 0 Å². The lowest BCUT2D eigenvalue weighted by Gasteiger charge is -2.01. The third kappa shape index (κ3) is 5.88. The number of benzene rings is 2. The van der Waals surface area contributed by atoms with Crippen LogP contribution in [0, 0.1) is 20.8 Å².